The molecular formula is C16H20N4O. The fourth-order valence-electron chi connectivity index (χ4n) is 2.92. The Morgan fingerprint density at radius 3 is 2.76 bits per heavy atom. The third-order valence-corrected chi connectivity index (χ3v) is 3.84. The Balaban J connectivity index is 1.88. The van der Waals surface area contributed by atoms with Crippen LogP contribution < -0.4 is 11.1 Å². The normalized spacial score (nSPS) is 20.9. The lowest BCUT2D eigenvalue weighted by Gasteiger charge is -2.25. The van der Waals surface area contributed by atoms with E-state index in [1.807, 2.05) is 24.3 Å². The van der Waals surface area contributed by atoms with Gasteiger partial charge in [0.25, 0.3) is 0 Å². The van der Waals surface area contributed by atoms with Gasteiger partial charge in [0.1, 0.15) is 5.82 Å². The summed E-state index contributed by atoms with van der Waals surface area (Å²) in [5.41, 5.74) is 8.87. The number of imidazole rings is 1. The summed E-state index contributed by atoms with van der Waals surface area (Å²) >= 11 is 0. The van der Waals surface area contributed by atoms with Gasteiger partial charge in [0.15, 0.2) is 0 Å². The van der Waals surface area contributed by atoms with Crippen molar-refractivity contribution in [2.45, 2.75) is 38.8 Å². The Morgan fingerprint density at radius 1 is 1.38 bits per heavy atom. The number of benzene rings is 1. The van der Waals surface area contributed by atoms with Crippen LogP contribution in [0.2, 0.25) is 0 Å². The number of nitrogens with two attached hydrogens (primary N) is 1. The minimum atomic E-state index is -0.0666. The first-order valence-electron chi connectivity index (χ1n) is 7.23. The van der Waals surface area contributed by atoms with Crippen LogP contribution in [0.4, 0.5) is 5.69 Å². The molecule has 1 aromatic carbocycles. The Morgan fingerprint density at radius 2 is 2.10 bits per heavy atom. The molecule has 5 nitrogen and oxygen atoms in total. The van der Waals surface area contributed by atoms with Crippen molar-refractivity contribution in [2.75, 3.05) is 5.32 Å². The van der Waals surface area contributed by atoms with E-state index < -0.39 is 0 Å². The molecule has 0 bridgehead atoms. The van der Waals surface area contributed by atoms with Crippen LogP contribution >= 0.6 is 0 Å². The molecule has 1 aromatic heterocycles. The van der Waals surface area contributed by atoms with Crippen molar-refractivity contribution >= 4 is 11.6 Å². The summed E-state index contributed by atoms with van der Waals surface area (Å²) in [6.45, 7) is 4.50. The highest BCUT2D eigenvalue weighted by molar-refractivity contribution is 5.88. The number of hydrogen-bond donors (Lipinski definition) is 2. The second-order valence-corrected chi connectivity index (χ2v) is 5.79. The van der Waals surface area contributed by atoms with Gasteiger partial charge in [-0.15, -0.1) is 0 Å². The highest BCUT2D eigenvalue weighted by Crippen LogP contribution is 2.29. The average molecular weight is 284 g/mol. The molecule has 2 heterocycles. The van der Waals surface area contributed by atoms with Crippen molar-refractivity contribution in [1.82, 2.24) is 9.55 Å². The number of aromatic nitrogens is 2. The largest absolute Gasteiger partial charge is 0.332 e. The van der Waals surface area contributed by atoms with Crippen LogP contribution in [0.3, 0.4) is 0 Å². The molecule has 21 heavy (non-hydrogen) atoms. The predicted molar refractivity (Wildman–Crippen MR) is 83.0 cm³/mol. The first kappa shape index (κ1) is 13.8. The number of nitrogens with one attached hydrogen (secondary N) is 1. The maximum Gasteiger partial charge on any atom is 0.221 e. The number of carbonyl (C=O) groups is 1. The van der Waals surface area contributed by atoms with Crippen molar-refractivity contribution in [3.8, 4) is 11.3 Å². The van der Waals surface area contributed by atoms with Gasteiger partial charge in [0.05, 0.1) is 5.69 Å². The molecule has 0 saturated carbocycles. The molecule has 0 aliphatic carbocycles. The van der Waals surface area contributed by atoms with Crippen LogP contribution in [0.25, 0.3) is 11.3 Å². The van der Waals surface area contributed by atoms with E-state index in [4.69, 9.17) is 10.7 Å². The zero-order valence-electron chi connectivity index (χ0n) is 12.3. The molecule has 3 N–H and O–H groups in total. The maximum absolute atomic E-state index is 11.0. The van der Waals surface area contributed by atoms with Crippen molar-refractivity contribution in [2.24, 2.45) is 5.73 Å². The van der Waals surface area contributed by atoms with Gasteiger partial charge in [-0.1, -0.05) is 19.1 Å². The molecule has 0 radical (unpaired) electrons. The molecule has 3 rings (SSSR count). The Bertz CT molecular complexity index is 659. The fourth-order valence-corrected chi connectivity index (χ4v) is 2.92. The third-order valence-electron chi connectivity index (χ3n) is 3.84. The van der Waals surface area contributed by atoms with Gasteiger partial charge < -0.3 is 15.6 Å². The summed E-state index contributed by atoms with van der Waals surface area (Å²) in [5.74, 6) is 1.43. The van der Waals surface area contributed by atoms with Gasteiger partial charge in [-0.05, 0) is 18.6 Å². The fraction of sp³-hybridized carbons (Fsp3) is 0.375. The molecule has 1 aliphatic heterocycles. The summed E-state index contributed by atoms with van der Waals surface area (Å²) in [6.07, 6.45) is 3.05. The van der Waals surface area contributed by atoms with Crippen LogP contribution in [-0.4, -0.2) is 21.5 Å². The monoisotopic (exact) mass is 284 g/mol. The number of amides is 1. The molecule has 1 aliphatic rings. The molecule has 2 atom stereocenters. The highest BCUT2D eigenvalue weighted by Gasteiger charge is 2.24. The van der Waals surface area contributed by atoms with Gasteiger partial charge in [-0.25, -0.2) is 4.98 Å². The minimum Gasteiger partial charge on any atom is -0.332 e. The summed E-state index contributed by atoms with van der Waals surface area (Å²) in [4.78, 5) is 15.8. The smallest absolute Gasteiger partial charge is 0.221 e. The second kappa shape index (κ2) is 5.33. The van der Waals surface area contributed by atoms with Crippen molar-refractivity contribution in [3.63, 3.8) is 0 Å². The second-order valence-electron chi connectivity index (χ2n) is 5.79. The zero-order chi connectivity index (χ0) is 15.0. The molecule has 0 fully saturated rings. The molecule has 2 aromatic rings. The topological polar surface area (TPSA) is 72.9 Å². The minimum absolute atomic E-state index is 0.0666. The van der Waals surface area contributed by atoms with Crippen LogP contribution in [0.15, 0.2) is 30.5 Å². The molecule has 110 valence electrons. The van der Waals surface area contributed by atoms with Crippen molar-refractivity contribution < 1.29 is 4.79 Å². The molecular weight excluding hydrogens is 264 g/mol. The number of rotatable bonds is 2. The van der Waals surface area contributed by atoms with E-state index in [-0.39, 0.29) is 11.9 Å². The summed E-state index contributed by atoms with van der Waals surface area (Å²) in [7, 11) is 0. The zero-order valence-corrected chi connectivity index (χ0v) is 12.3. The van der Waals surface area contributed by atoms with Crippen LogP contribution in [0.1, 0.15) is 32.0 Å². The molecule has 5 heteroatoms. The summed E-state index contributed by atoms with van der Waals surface area (Å²) < 4.78 is 2.16. The lowest BCUT2D eigenvalue weighted by Crippen LogP contribution is -2.33. The van der Waals surface area contributed by atoms with Crippen molar-refractivity contribution in [1.29, 1.82) is 0 Å². The number of fused-ring (bicyclic) bond motifs is 1. The van der Waals surface area contributed by atoms with Crippen molar-refractivity contribution in [3.05, 3.63) is 36.3 Å². The molecule has 2 unspecified atom stereocenters. The van der Waals surface area contributed by atoms with E-state index in [0.717, 1.165) is 35.7 Å². The van der Waals surface area contributed by atoms with Gasteiger partial charge in [0, 0.05) is 42.9 Å². The molecule has 0 saturated heterocycles. The van der Waals surface area contributed by atoms with E-state index >= 15 is 0 Å². The molecule has 1 amide bonds. The van der Waals surface area contributed by atoms with E-state index in [2.05, 4.69) is 23.0 Å². The Labute approximate surface area is 124 Å². The highest BCUT2D eigenvalue weighted by atomic mass is 16.1. The van der Waals surface area contributed by atoms with E-state index in [1.54, 1.807) is 0 Å². The first-order valence-corrected chi connectivity index (χ1v) is 7.23. The third kappa shape index (κ3) is 2.83. The lowest BCUT2D eigenvalue weighted by atomic mass is 9.98. The summed E-state index contributed by atoms with van der Waals surface area (Å²) in [6, 6.07) is 7.94. The SMILES string of the molecule is CC(=O)Nc1ccc(-c2cn3c(n2)C(C)CC(N)C3)cc1. The van der Waals surface area contributed by atoms with E-state index in [9.17, 15) is 4.79 Å². The average Bonchev–Trinajstić information content (AvgIpc) is 2.83. The first-order chi connectivity index (χ1) is 10.0. The maximum atomic E-state index is 11.0. The standard InChI is InChI=1S/C16H20N4O/c1-10-7-13(17)8-20-9-15(19-16(10)20)12-3-5-14(6-4-12)18-11(2)21/h3-6,9-10,13H,7-8,17H2,1-2H3,(H,18,21). The van der Waals surface area contributed by atoms with Crippen LogP contribution in [-0.2, 0) is 11.3 Å². The number of carbonyl (C=O) groups excluding carboxylic acids is 1. The Hall–Kier alpha value is -2.14. The van der Waals surface area contributed by atoms with Crippen LogP contribution in [0, 0.1) is 0 Å². The van der Waals surface area contributed by atoms with Gasteiger partial charge in [-0.2, -0.15) is 0 Å². The summed E-state index contributed by atoms with van der Waals surface area (Å²) in [5, 5.41) is 2.76. The Kier molecular flexibility index (Phi) is 3.51. The quantitative estimate of drug-likeness (QED) is 0.889. The lowest BCUT2D eigenvalue weighted by molar-refractivity contribution is -0.114. The number of hydrogen-bond acceptors (Lipinski definition) is 3. The van der Waals surface area contributed by atoms with Crippen LogP contribution in [0.5, 0.6) is 0 Å². The number of anilines is 1. The van der Waals surface area contributed by atoms with Gasteiger partial charge >= 0.3 is 0 Å². The van der Waals surface area contributed by atoms with Gasteiger partial charge in [-0.3, -0.25) is 4.79 Å². The predicted octanol–water partition coefficient (Wildman–Crippen LogP) is 2.34. The van der Waals surface area contributed by atoms with Gasteiger partial charge in [0.2, 0.25) is 5.91 Å². The number of nitrogens with zero attached hydrogens (tertiary/aromatic N) is 2. The van der Waals surface area contributed by atoms with E-state index in [0.29, 0.717) is 5.92 Å². The van der Waals surface area contributed by atoms with E-state index in [1.165, 1.54) is 6.92 Å². The molecule has 0 spiro atoms.